The van der Waals surface area contributed by atoms with Gasteiger partial charge < -0.3 is 25.0 Å². The van der Waals surface area contributed by atoms with Gasteiger partial charge in [0.15, 0.2) is 0 Å². The molecule has 1 saturated heterocycles. The predicted octanol–water partition coefficient (Wildman–Crippen LogP) is 3.34. The zero-order valence-electron chi connectivity index (χ0n) is 19.8. The molecule has 3 aromatic rings. The van der Waals surface area contributed by atoms with Crippen LogP contribution in [-0.4, -0.2) is 56.0 Å². The van der Waals surface area contributed by atoms with E-state index in [4.69, 9.17) is 20.3 Å². The Labute approximate surface area is 212 Å². The highest BCUT2D eigenvalue weighted by molar-refractivity contribution is 6.20. The highest BCUT2D eigenvalue weighted by Crippen LogP contribution is 2.27. The third-order valence-corrected chi connectivity index (χ3v) is 6.04. The Morgan fingerprint density at radius 3 is 2.54 bits per heavy atom. The van der Waals surface area contributed by atoms with Gasteiger partial charge in [0.05, 0.1) is 30.2 Å². The molecule has 0 spiro atoms. The summed E-state index contributed by atoms with van der Waals surface area (Å²) in [7, 11) is 0. The number of ether oxygens (including phenoxy) is 2. The van der Waals surface area contributed by atoms with Crippen molar-refractivity contribution in [2.24, 2.45) is 4.99 Å². The minimum atomic E-state index is -1.29. The van der Waals surface area contributed by atoms with Crippen LogP contribution in [0.3, 0.4) is 0 Å². The quantitative estimate of drug-likeness (QED) is 0.323. The fraction of sp³-hybridized carbons (Fsp3) is 0.185. The highest BCUT2D eigenvalue weighted by Gasteiger charge is 2.29. The molecule has 0 aliphatic carbocycles. The Hall–Kier alpha value is -4.57. The molecule has 10 heteroatoms. The van der Waals surface area contributed by atoms with Gasteiger partial charge in [-0.05, 0) is 18.2 Å². The molecule has 1 amide bonds. The van der Waals surface area contributed by atoms with Crippen LogP contribution in [-0.2, 0) is 14.3 Å². The number of para-hydroxylation sites is 2. The monoisotopic (exact) mass is 500 g/mol. The van der Waals surface area contributed by atoms with E-state index in [0.717, 1.165) is 5.69 Å². The number of amidine groups is 1. The number of fused-ring (bicyclic) bond motifs is 1. The molecule has 0 aromatic heterocycles. The van der Waals surface area contributed by atoms with E-state index in [1.165, 1.54) is 6.07 Å². The van der Waals surface area contributed by atoms with E-state index >= 15 is 0 Å². The molecule has 37 heavy (non-hydrogen) atoms. The number of nitrogens with one attached hydrogen (secondary N) is 4. The number of benzene rings is 3. The topological polar surface area (TPSA) is 123 Å². The number of anilines is 2. The molecule has 0 radical (unpaired) electrons. The Kier molecular flexibility index (Phi) is 6.91. The van der Waals surface area contributed by atoms with E-state index in [9.17, 15) is 9.18 Å². The van der Waals surface area contributed by atoms with Crippen molar-refractivity contribution in [3.63, 3.8) is 0 Å². The summed E-state index contributed by atoms with van der Waals surface area (Å²) in [4.78, 5) is 19.6. The van der Waals surface area contributed by atoms with Gasteiger partial charge in [0.25, 0.3) is 11.9 Å². The van der Waals surface area contributed by atoms with Crippen molar-refractivity contribution in [3.8, 4) is 0 Å². The first-order valence-electron chi connectivity index (χ1n) is 11.8. The summed E-state index contributed by atoms with van der Waals surface area (Å²) in [6.07, 6.45) is -1.29. The number of benzodiazepines with no additional fused rings is 1. The van der Waals surface area contributed by atoms with Crippen LogP contribution in [0.1, 0.15) is 16.7 Å². The van der Waals surface area contributed by atoms with Crippen LogP contribution in [0.15, 0.2) is 77.8 Å². The molecule has 3 aromatic carbocycles. The summed E-state index contributed by atoms with van der Waals surface area (Å²) in [5, 5.41) is 22.0. The Balaban J connectivity index is 1.38. The molecule has 0 unspecified atom stereocenters. The minimum Gasteiger partial charge on any atom is -0.407 e. The minimum absolute atomic E-state index is 0.0130. The first kappa shape index (κ1) is 24.1. The maximum absolute atomic E-state index is 14.7. The average Bonchev–Trinajstić information content (AvgIpc) is 3.06. The fourth-order valence-electron chi connectivity index (χ4n) is 4.28. The molecule has 0 saturated carbocycles. The number of carbonyl (C=O) groups excluding carboxylic acids is 1. The number of amides is 1. The molecular formula is C27H25FN6O3. The van der Waals surface area contributed by atoms with Gasteiger partial charge >= 0.3 is 0 Å². The van der Waals surface area contributed by atoms with Crippen LogP contribution < -0.4 is 15.5 Å². The molecule has 4 N–H and O–H groups in total. The van der Waals surface area contributed by atoms with Crippen molar-refractivity contribution in [3.05, 3.63) is 95.3 Å². The Morgan fingerprint density at radius 1 is 1.03 bits per heavy atom. The van der Waals surface area contributed by atoms with E-state index in [-0.39, 0.29) is 11.6 Å². The molecule has 2 aliphatic rings. The van der Waals surface area contributed by atoms with Gasteiger partial charge in [-0.2, -0.15) is 0 Å². The zero-order chi connectivity index (χ0) is 25.8. The summed E-state index contributed by atoms with van der Waals surface area (Å²) >= 11 is 0. The molecule has 1 atom stereocenters. The molecule has 9 nitrogen and oxygen atoms in total. The highest BCUT2D eigenvalue weighted by atomic mass is 19.1. The SMILES string of the molecule is N=C(N[C@@H]1N=C(c2ccccc2)c2cccc(F)c2NC1=O)OC(=N)c1ccccc1N1CCOCC1. The molecule has 2 aliphatic heterocycles. The number of hydrogen-bond donors (Lipinski definition) is 4. The zero-order valence-corrected chi connectivity index (χ0v) is 19.8. The van der Waals surface area contributed by atoms with E-state index < -0.39 is 23.9 Å². The lowest BCUT2D eigenvalue weighted by Gasteiger charge is -2.30. The van der Waals surface area contributed by atoms with Crippen molar-refractivity contribution in [1.29, 1.82) is 10.8 Å². The number of nitrogens with zero attached hydrogens (tertiary/aromatic N) is 2. The van der Waals surface area contributed by atoms with Crippen LogP contribution in [0.25, 0.3) is 0 Å². The maximum Gasteiger partial charge on any atom is 0.290 e. The van der Waals surface area contributed by atoms with Crippen LogP contribution in [0.4, 0.5) is 15.8 Å². The Bertz CT molecular complexity index is 1370. The van der Waals surface area contributed by atoms with Crippen molar-refractivity contribution in [2.75, 3.05) is 36.5 Å². The van der Waals surface area contributed by atoms with Crippen molar-refractivity contribution < 1.29 is 18.7 Å². The summed E-state index contributed by atoms with van der Waals surface area (Å²) in [6, 6.07) is 20.3. The van der Waals surface area contributed by atoms with Crippen molar-refractivity contribution in [1.82, 2.24) is 5.32 Å². The molecule has 1 fully saturated rings. The van der Waals surface area contributed by atoms with Gasteiger partial charge in [-0.25, -0.2) is 9.38 Å². The molecule has 2 heterocycles. The van der Waals surface area contributed by atoms with E-state index in [2.05, 4.69) is 20.5 Å². The van der Waals surface area contributed by atoms with Gasteiger partial charge in [0, 0.05) is 29.9 Å². The van der Waals surface area contributed by atoms with Crippen LogP contribution in [0.5, 0.6) is 0 Å². The number of rotatable bonds is 4. The summed E-state index contributed by atoms with van der Waals surface area (Å²) in [5.74, 6) is -1.51. The standard InChI is InChI=1S/C27H25FN6O3/c28-20-11-6-10-19-22(17-7-2-1-3-8-17)31-25(26(35)32-23(19)20)33-27(30)37-24(29)18-9-4-5-12-21(18)34-13-15-36-16-14-34/h1-12,25,29H,13-16H2,(H2,30,33)(H,32,35)/t25-/m0/s1. The Morgan fingerprint density at radius 2 is 1.76 bits per heavy atom. The summed E-state index contributed by atoms with van der Waals surface area (Å²) < 4.78 is 25.6. The third kappa shape index (κ3) is 5.19. The predicted molar refractivity (Wildman–Crippen MR) is 139 cm³/mol. The largest absolute Gasteiger partial charge is 0.407 e. The van der Waals surface area contributed by atoms with Gasteiger partial charge in [0.2, 0.25) is 12.1 Å². The van der Waals surface area contributed by atoms with E-state index in [0.29, 0.717) is 48.7 Å². The molecule has 0 bridgehead atoms. The summed E-state index contributed by atoms with van der Waals surface area (Å²) in [5.41, 5.74) is 2.79. The second-order valence-corrected chi connectivity index (χ2v) is 8.42. The van der Waals surface area contributed by atoms with Gasteiger partial charge in [-0.1, -0.05) is 54.6 Å². The number of aliphatic imine (C=N–C) groups is 1. The first-order valence-corrected chi connectivity index (χ1v) is 11.8. The molecule has 188 valence electrons. The lowest BCUT2D eigenvalue weighted by Crippen LogP contribution is -2.43. The van der Waals surface area contributed by atoms with Crippen molar-refractivity contribution in [2.45, 2.75) is 6.17 Å². The molecular weight excluding hydrogens is 475 g/mol. The number of morpholine rings is 1. The lowest BCUT2D eigenvalue weighted by molar-refractivity contribution is -0.117. The average molecular weight is 501 g/mol. The van der Waals surface area contributed by atoms with Gasteiger partial charge in [-0.15, -0.1) is 0 Å². The van der Waals surface area contributed by atoms with E-state index in [1.54, 1.807) is 36.4 Å². The normalized spacial score (nSPS) is 17.1. The van der Waals surface area contributed by atoms with Gasteiger partial charge in [-0.3, -0.25) is 15.6 Å². The number of hydrogen-bond acceptors (Lipinski definition) is 7. The lowest BCUT2D eigenvalue weighted by atomic mass is 10.0. The number of halogens is 1. The number of carbonyl (C=O) groups is 1. The third-order valence-electron chi connectivity index (χ3n) is 6.04. The van der Waals surface area contributed by atoms with E-state index in [1.807, 2.05) is 30.3 Å². The molecule has 5 rings (SSSR count). The summed E-state index contributed by atoms with van der Waals surface area (Å²) in [6.45, 7) is 2.52. The van der Waals surface area contributed by atoms with Crippen LogP contribution >= 0.6 is 0 Å². The first-order chi connectivity index (χ1) is 18.0. The fourth-order valence-corrected chi connectivity index (χ4v) is 4.28. The van der Waals surface area contributed by atoms with Crippen LogP contribution in [0, 0.1) is 16.6 Å². The second kappa shape index (κ2) is 10.6. The maximum atomic E-state index is 14.7. The van der Waals surface area contributed by atoms with Crippen molar-refractivity contribution >= 4 is 34.9 Å². The smallest absolute Gasteiger partial charge is 0.290 e. The van der Waals surface area contributed by atoms with Gasteiger partial charge in [0.1, 0.15) is 5.82 Å². The van der Waals surface area contributed by atoms with Crippen LogP contribution in [0.2, 0.25) is 0 Å². The second-order valence-electron chi connectivity index (χ2n) is 8.42.